The number of carbonyl (C=O) groups excluding carboxylic acids is 1. The van der Waals surface area contributed by atoms with E-state index in [2.05, 4.69) is 0 Å². The average molecular weight is 320 g/mol. The molecule has 2 bridgehead atoms. The Morgan fingerprint density at radius 1 is 1.23 bits per heavy atom. The lowest BCUT2D eigenvalue weighted by atomic mass is 9.75. The van der Waals surface area contributed by atoms with Crippen LogP contribution in [0.3, 0.4) is 0 Å². The minimum absolute atomic E-state index is 0.654. The maximum atomic E-state index is 14.4. The number of carbonyl (C=O) groups is 1. The molecule has 0 N–H and O–H groups in total. The fourth-order valence-electron chi connectivity index (χ4n) is 2.53. The van der Waals surface area contributed by atoms with Crippen molar-refractivity contribution in [3.8, 4) is 0 Å². The third kappa shape index (κ3) is 1.81. The molecule has 2 atom stereocenters. The Morgan fingerprint density at radius 3 is 2.95 bits per heavy atom. The second-order valence-electron chi connectivity index (χ2n) is 4.78. The van der Waals surface area contributed by atoms with E-state index in [0.717, 1.165) is 0 Å². The van der Waals surface area contributed by atoms with Crippen LogP contribution in [-0.4, -0.2) is 47.7 Å². The van der Waals surface area contributed by atoms with Gasteiger partial charge in [0.25, 0.3) is 5.91 Å². The van der Waals surface area contributed by atoms with Gasteiger partial charge in [-0.1, -0.05) is 12.1 Å². The van der Waals surface area contributed by atoms with E-state index >= 15 is 0 Å². The number of hydrogen-bond acceptors (Lipinski definition) is 2. The summed E-state index contributed by atoms with van der Waals surface area (Å²) in [5, 5.41) is 0. The normalized spacial score (nSPS) is 79.0. The van der Waals surface area contributed by atoms with Crippen LogP contribution < -0.4 is 0 Å². The predicted molar refractivity (Wildman–Crippen MR) is 86.1 cm³/mol. The number of piperidine rings is 3. The molecule has 0 radical (unpaired) electrons. The van der Waals surface area contributed by atoms with Crippen LogP contribution in [0.15, 0.2) is 18.1 Å². The van der Waals surface area contributed by atoms with E-state index in [1.54, 1.807) is 0 Å². The van der Waals surface area contributed by atoms with Crippen LogP contribution in [0, 0.1) is 5.92 Å². The molecule has 0 spiro atoms. The fraction of sp³-hybridized carbons (Fsp3) is 0.632. The van der Waals surface area contributed by atoms with Crippen LogP contribution >= 0.6 is 0 Å². The summed E-state index contributed by atoms with van der Waals surface area (Å²) in [4.78, 5) is 13.0. The molecular weight excluding hydrogens is 272 g/mol. The van der Waals surface area contributed by atoms with Crippen molar-refractivity contribution in [2.75, 3.05) is 26.0 Å². The Morgan fingerprint density at radius 2 is 2.09 bits per heavy atom. The van der Waals surface area contributed by atoms with Gasteiger partial charge in [0.1, 0.15) is 0 Å². The van der Waals surface area contributed by atoms with Crippen molar-refractivity contribution in [3.63, 3.8) is 0 Å². The van der Waals surface area contributed by atoms with E-state index in [1.807, 2.05) is 0 Å². The number of amides is 1. The Balaban J connectivity index is 2.02. The quantitative estimate of drug-likeness (QED) is 0.794. The van der Waals surface area contributed by atoms with Crippen molar-refractivity contribution in [1.82, 2.24) is 9.80 Å². The number of hydrogen-bond donors (Lipinski definition) is 0. The molecule has 0 unspecified atom stereocenters. The summed E-state index contributed by atoms with van der Waals surface area (Å²) < 4.78 is 197. The molecule has 1 aliphatic carbocycles. The molecule has 0 saturated carbocycles. The molecule has 3 heteroatoms. The minimum atomic E-state index is -4.33. The molecule has 6 rings (SSSR count). The van der Waals surface area contributed by atoms with Crippen molar-refractivity contribution >= 4 is 5.91 Å². The standard InChI is InChI=1S/C19H24N2O/c22-19-16-6-2-4-14-3-1-5-15(18(14)16)11-21(19)17-12-20-9-7-13(17)8-10-20/h2,4,6,13,15,17H,1,3,5,7-12H2/t15-,17-/m1/s1/i1D2,2D,3D2,4D,5D2,6D,7D2,8D2,9D2,10D2,11D2,12D2,15D,17D. The van der Waals surface area contributed by atoms with Gasteiger partial charge in [-0.3, -0.25) is 4.79 Å². The van der Waals surface area contributed by atoms with E-state index in [1.165, 1.54) is 0 Å². The van der Waals surface area contributed by atoms with E-state index < -0.39 is 126 Å². The monoisotopic (exact) mass is 319 g/mol. The summed E-state index contributed by atoms with van der Waals surface area (Å²) in [6.07, 6.45) is -19.5. The molecule has 3 nitrogen and oxygen atoms in total. The van der Waals surface area contributed by atoms with Crippen LogP contribution in [-0.2, 0) is 6.37 Å². The van der Waals surface area contributed by atoms with Crippen LogP contribution in [0.5, 0.6) is 0 Å². The second kappa shape index (κ2) is 4.82. The average Bonchev–Trinajstić information content (AvgIpc) is 2.81. The lowest BCUT2D eigenvalue weighted by molar-refractivity contribution is 0.00258. The Labute approximate surface area is 164 Å². The molecule has 22 heavy (non-hydrogen) atoms. The zero-order valence-electron chi connectivity index (χ0n) is 33.9. The molecule has 1 amide bonds. The smallest absolute Gasteiger partial charge is 0.254 e. The number of benzene rings is 1. The first kappa shape index (κ1) is 3.51. The SMILES string of the molecule is [2H]c1c([2H])c2c3c(c1[2H])C([2H])([2H])C([2H])([2H])C([2H])([2H])[C@]3([2H])C([2H])([2H])N([C@@]1([2H])C3C([2H])([2H])C([2H])([2H])N(C([2H])([2H])C3([2H])[2H])C1([2H])[2H])C2=O. The van der Waals surface area contributed by atoms with Crippen molar-refractivity contribution in [2.24, 2.45) is 5.92 Å². The van der Waals surface area contributed by atoms with Gasteiger partial charge >= 0.3 is 0 Å². The lowest BCUT2D eigenvalue weighted by Gasteiger charge is -2.51. The summed E-state index contributed by atoms with van der Waals surface area (Å²) >= 11 is 0. The molecule has 1 aromatic carbocycles. The van der Waals surface area contributed by atoms with Gasteiger partial charge < -0.3 is 9.80 Å². The summed E-state index contributed by atoms with van der Waals surface area (Å²) in [7, 11) is 0. The highest BCUT2D eigenvalue weighted by molar-refractivity contribution is 5.97. The van der Waals surface area contributed by atoms with Gasteiger partial charge in [0.2, 0.25) is 0 Å². The highest BCUT2D eigenvalue weighted by atomic mass is 16.2. The first-order valence-electron chi connectivity index (χ1n) is 17.9. The summed E-state index contributed by atoms with van der Waals surface area (Å²) in [5.41, 5.74) is -4.18. The Bertz CT molecular complexity index is 1540. The second-order valence-corrected chi connectivity index (χ2v) is 4.78. The molecular formula is C19H24N2O. The number of nitrogens with zero attached hydrogens (tertiary/aromatic N) is 2. The van der Waals surface area contributed by atoms with Crippen LogP contribution in [0.4, 0.5) is 0 Å². The molecule has 3 saturated heterocycles. The van der Waals surface area contributed by atoms with Gasteiger partial charge in [-0.05, 0) is 67.9 Å². The Hall–Kier alpha value is -1.35. The molecule has 0 aromatic heterocycles. The van der Waals surface area contributed by atoms with Crippen molar-refractivity contribution < 1.29 is 36.3 Å². The highest BCUT2D eigenvalue weighted by Gasteiger charge is 2.43. The molecule has 5 aliphatic rings. The summed E-state index contributed by atoms with van der Waals surface area (Å²) in [6, 6.07) is -8.16. The summed E-state index contributed by atoms with van der Waals surface area (Å²) in [6.45, 7) is -16.0. The minimum Gasteiger partial charge on any atom is -0.333 e. The fourth-order valence-corrected chi connectivity index (χ4v) is 2.53. The van der Waals surface area contributed by atoms with Gasteiger partial charge in [-0.25, -0.2) is 0 Å². The van der Waals surface area contributed by atoms with Crippen LogP contribution in [0.1, 0.15) is 84.4 Å². The third-order valence-electron chi connectivity index (χ3n) is 3.52. The molecule has 116 valence electrons. The first-order chi connectivity index (χ1) is 19.6. The topological polar surface area (TPSA) is 23.6 Å². The van der Waals surface area contributed by atoms with Crippen molar-refractivity contribution in [3.05, 3.63) is 34.8 Å². The maximum Gasteiger partial charge on any atom is 0.254 e. The molecule has 3 fully saturated rings. The molecule has 4 aliphatic heterocycles. The zero-order valence-corrected chi connectivity index (χ0v) is 10.9. The largest absolute Gasteiger partial charge is 0.333 e. The molecule has 4 heterocycles. The third-order valence-corrected chi connectivity index (χ3v) is 3.52. The van der Waals surface area contributed by atoms with E-state index in [9.17, 15) is 7.54 Å². The predicted octanol–water partition coefficient (Wildman–Crippen LogP) is 2.66. The van der Waals surface area contributed by atoms with Crippen molar-refractivity contribution in [1.29, 1.82) is 0 Å². The van der Waals surface area contributed by atoms with Gasteiger partial charge in [-0.15, -0.1) is 0 Å². The number of fused-ring (bicyclic) bond motifs is 3. The van der Waals surface area contributed by atoms with E-state index in [0.29, 0.717) is 0 Å². The maximum absolute atomic E-state index is 14.4. The highest BCUT2D eigenvalue weighted by Crippen LogP contribution is 2.41. The van der Waals surface area contributed by atoms with E-state index in [-0.39, 0.29) is 0 Å². The molecule has 1 aromatic rings. The van der Waals surface area contributed by atoms with Crippen LogP contribution in [0.2, 0.25) is 0 Å². The zero-order chi connectivity index (χ0) is 35.3. The Kier molecular flexibility index (Phi) is 0.770. The van der Waals surface area contributed by atoms with Gasteiger partial charge in [0, 0.05) is 53.8 Å². The number of rotatable bonds is 1. The van der Waals surface area contributed by atoms with Gasteiger partial charge in [0.15, 0.2) is 0 Å². The summed E-state index contributed by atoms with van der Waals surface area (Å²) in [5.74, 6) is -9.48. The lowest BCUT2D eigenvalue weighted by Crippen LogP contribution is -2.60. The van der Waals surface area contributed by atoms with Gasteiger partial charge in [-0.2, -0.15) is 0 Å². The van der Waals surface area contributed by atoms with E-state index in [4.69, 9.17) is 28.8 Å². The first-order valence-corrected chi connectivity index (χ1v) is 6.41. The van der Waals surface area contributed by atoms with Gasteiger partial charge in [0.05, 0.1) is 8.22 Å². The van der Waals surface area contributed by atoms with Crippen LogP contribution in [0.25, 0.3) is 0 Å². The van der Waals surface area contributed by atoms with Crippen molar-refractivity contribution in [2.45, 2.75) is 43.8 Å².